The first-order valence-electron chi connectivity index (χ1n) is 10.6. The number of amides is 2. The van der Waals surface area contributed by atoms with Gasteiger partial charge in [-0.3, -0.25) is 4.90 Å². The highest BCUT2D eigenvalue weighted by atomic mass is 19.1. The van der Waals surface area contributed by atoms with E-state index in [2.05, 4.69) is 15.1 Å². The highest BCUT2D eigenvalue weighted by Crippen LogP contribution is 2.37. The largest absolute Gasteiger partial charge is 0.383 e. The fourth-order valence-corrected chi connectivity index (χ4v) is 4.41. The number of likely N-dealkylation sites (N-methyl/N-ethyl adjacent to an activating group) is 1. The average Bonchev–Trinajstić information content (AvgIpc) is 3.33. The summed E-state index contributed by atoms with van der Waals surface area (Å²) in [5.74, 6) is -1.66. The quantitative estimate of drug-likeness (QED) is 0.489. The molecule has 34 heavy (non-hydrogen) atoms. The van der Waals surface area contributed by atoms with Crippen LogP contribution in [-0.2, 0) is 7.05 Å². The zero-order chi connectivity index (χ0) is 24.1. The lowest BCUT2D eigenvalue weighted by Gasteiger charge is -2.22. The number of nitrogen functional groups attached to an aromatic ring is 1. The van der Waals surface area contributed by atoms with Gasteiger partial charge < -0.3 is 10.6 Å². The Morgan fingerprint density at radius 2 is 1.88 bits per heavy atom. The van der Waals surface area contributed by atoms with Gasteiger partial charge in [-0.1, -0.05) is 0 Å². The van der Waals surface area contributed by atoms with E-state index in [1.807, 2.05) is 0 Å². The molecule has 11 heteroatoms. The van der Waals surface area contributed by atoms with E-state index in [1.165, 1.54) is 32.9 Å². The van der Waals surface area contributed by atoms with E-state index in [0.717, 1.165) is 18.2 Å². The number of halogens is 3. The number of anilines is 2. The Morgan fingerprint density at radius 3 is 2.62 bits per heavy atom. The van der Waals surface area contributed by atoms with Crippen molar-refractivity contribution in [2.45, 2.75) is 13.0 Å². The molecule has 1 saturated heterocycles. The second-order valence-electron chi connectivity index (χ2n) is 7.95. The Kier molecular flexibility index (Phi) is 5.11. The smallest absolute Gasteiger partial charge is 0.325 e. The van der Waals surface area contributed by atoms with Crippen molar-refractivity contribution in [2.24, 2.45) is 7.05 Å². The van der Waals surface area contributed by atoms with Crippen molar-refractivity contribution in [3.05, 3.63) is 65.7 Å². The van der Waals surface area contributed by atoms with Gasteiger partial charge in [0.05, 0.1) is 18.0 Å². The summed E-state index contributed by atoms with van der Waals surface area (Å²) in [6, 6.07) is 6.29. The SMILES string of the molecule is CCN1C(=O)N(c2ccc(-c3nn(C)c4ncnc(N)c34)c(F)c2)CC1c1cc(F)ccc1F. The number of aryl methyl sites for hydroxylation is 1. The predicted molar refractivity (Wildman–Crippen MR) is 120 cm³/mol. The van der Waals surface area contributed by atoms with Crippen LogP contribution in [0.15, 0.2) is 42.7 Å². The van der Waals surface area contributed by atoms with Crippen LogP contribution in [0.1, 0.15) is 18.5 Å². The fraction of sp³-hybridized carbons (Fsp3) is 0.217. The Morgan fingerprint density at radius 1 is 1.09 bits per heavy atom. The molecule has 8 nitrogen and oxygen atoms in total. The maximum Gasteiger partial charge on any atom is 0.325 e. The Hall–Kier alpha value is -4.15. The van der Waals surface area contributed by atoms with Gasteiger partial charge in [-0.2, -0.15) is 5.10 Å². The number of nitrogens with two attached hydrogens (primary N) is 1. The molecule has 2 aromatic heterocycles. The van der Waals surface area contributed by atoms with Crippen LogP contribution in [0.3, 0.4) is 0 Å². The highest BCUT2D eigenvalue weighted by Gasteiger charge is 2.39. The molecule has 0 radical (unpaired) electrons. The third kappa shape index (κ3) is 3.31. The van der Waals surface area contributed by atoms with Gasteiger partial charge in [0.2, 0.25) is 0 Å². The lowest BCUT2D eigenvalue weighted by atomic mass is 10.0. The molecule has 1 atom stereocenters. The lowest BCUT2D eigenvalue weighted by Crippen LogP contribution is -2.32. The fourth-order valence-electron chi connectivity index (χ4n) is 4.41. The molecule has 1 unspecified atom stereocenters. The third-order valence-electron chi connectivity index (χ3n) is 6.04. The van der Waals surface area contributed by atoms with Crippen molar-refractivity contribution >= 4 is 28.6 Å². The van der Waals surface area contributed by atoms with E-state index in [9.17, 15) is 13.6 Å². The number of aromatic nitrogens is 4. The van der Waals surface area contributed by atoms with Crippen molar-refractivity contribution < 1.29 is 18.0 Å². The number of fused-ring (bicyclic) bond motifs is 1. The highest BCUT2D eigenvalue weighted by molar-refractivity contribution is 5.99. The second-order valence-corrected chi connectivity index (χ2v) is 7.95. The maximum atomic E-state index is 15.3. The number of carbonyl (C=O) groups excluding carboxylic acids is 1. The number of hydrogen-bond acceptors (Lipinski definition) is 5. The summed E-state index contributed by atoms with van der Waals surface area (Å²) in [4.78, 5) is 24.0. The molecule has 174 valence electrons. The standard InChI is InChI=1S/C23H20F3N7O/c1-3-32-18(15-8-12(24)4-7-16(15)25)10-33(23(32)34)13-5-6-14(17(26)9-13)20-19-21(27)28-11-29-22(19)31(2)30-20/h4-9,11,18H,3,10H2,1-2H3,(H2,27,28,29). The molecule has 3 heterocycles. The lowest BCUT2D eigenvalue weighted by molar-refractivity contribution is 0.208. The average molecular weight is 467 g/mol. The van der Waals surface area contributed by atoms with Crippen molar-refractivity contribution in [3.63, 3.8) is 0 Å². The van der Waals surface area contributed by atoms with Gasteiger partial charge >= 0.3 is 6.03 Å². The van der Waals surface area contributed by atoms with E-state index in [0.29, 0.717) is 11.0 Å². The minimum atomic E-state index is -0.715. The third-order valence-corrected chi connectivity index (χ3v) is 6.04. The monoisotopic (exact) mass is 467 g/mol. The van der Waals surface area contributed by atoms with Crippen LogP contribution in [0.25, 0.3) is 22.3 Å². The van der Waals surface area contributed by atoms with Gasteiger partial charge in [0.1, 0.15) is 35.3 Å². The van der Waals surface area contributed by atoms with E-state index in [1.54, 1.807) is 20.0 Å². The zero-order valence-electron chi connectivity index (χ0n) is 18.3. The first-order valence-corrected chi connectivity index (χ1v) is 10.6. The van der Waals surface area contributed by atoms with Crippen LogP contribution in [0.2, 0.25) is 0 Å². The van der Waals surface area contributed by atoms with Crippen molar-refractivity contribution in [2.75, 3.05) is 23.7 Å². The minimum absolute atomic E-state index is 0.0408. The molecule has 2 aromatic carbocycles. The number of carbonyl (C=O) groups is 1. The summed E-state index contributed by atoms with van der Waals surface area (Å²) >= 11 is 0. The number of rotatable bonds is 4. The Balaban J connectivity index is 1.53. The number of urea groups is 1. The Labute approximate surface area is 192 Å². The van der Waals surface area contributed by atoms with Gasteiger partial charge in [-0.15, -0.1) is 0 Å². The summed E-state index contributed by atoms with van der Waals surface area (Å²) in [6.45, 7) is 2.06. The number of benzene rings is 2. The summed E-state index contributed by atoms with van der Waals surface area (Å²) in [5, 5.41) is 4.77. The molecular formula is C23H20F3N7O. The van der Waals surface area contributed by atoms with Gasteiger partial charge in [-0.25, -0.2) is 32.6 Å². The molecule has 1 aliphatic rings. The van der Waals surface area contributed by atoms with Crippen molar-refractivity contribution in [3.8, 4) is 11.3 Å². The van der Waals surface area contributed by atoms with Crippen LogP contribution >= 0.6 is 0 Å². The van der Waals surface area contributed by atoms with E-state index in [-0.39, 0.29) is 41.4 Å². The number of nitrogens with zero attached hydrogens (tertiary/aromatic N) is 6. The van der Waals surface area contributed by atoms with Gasteiger partial charge in [0, 0.05) is 30.4 Å². The molecule has 0 spiro atoms. The first kappa shape index (κ1) is 21.7. The molecule has 1 fully saturated rings. The van der Waals surface area contributed by atoms with Crippen LogP contribution in [0, 0.1) is 17.5 Å². The van der Waals surface area contributed by atoms with E-state index in [4.69, 9.17) is 5.73 Å². The summed E-state index contributed by atoms with van der Waals surface area (Å²) < 4.78 is 45.0. The summed E-state index contributed by atoms with van der Waals surface area (Å²) in [5.41, 5.74) is 7.25. The summed E-state index contributed by atoms with van der Waals surface area (Å²) in [6.07, 6.45) is 1.30. The molecule has 2 amide bonds. The van der Waals surface area contributed by atoms with Crippen LogP contribution < -0.4 is 10.6 Å². The normalized spacial score (nSPS) is 16.1. The maximum absolute atomic E-state index is 15.3. The van der Waals surface area contributed by atoms with E-state index < -0.39 is 29.5 Å². The first-order chi connectivity index (χ1) is 16.3. The molecule has 0 saturated carbocycles. The topological polar surface area (TPSA) is 93.2 Å². The van der Waals surface area contributed by atoms with Crippen LogP contribution in [0.4, 0.5) is 29.5 Å². The molecule has 0 bridgehead atoms. The van der Waals surface area contributed by atoms with Gasteiger partial charge in [0.15, 0.2) is 5.65 Å². The van der Waals surface area contributed by atoms with Crippen LogP contribution in [0.5, 0.6) is 0 Å². The summed E-state index contributed by atoms with van der Waals surface area (Å²) in [7, 11) is 1.67. The Bertz CT molecular complexity index is 1440. The van der Waals surface area contributed by atoms with Crippen molar-refractivity contribution in [1.82, 2.24) is 24.6 Å². The molecule has 4 aromatic rings. The molecule has 5 rings (SSSR count). The van der Waals surface area contributed by atoms with Gasteiger partial charge in [0.25, 0.3) is 0 Å². The predicted octanol–water partition coefficient (Wildman–Crippen LogP) is 4.03. The van der Waals surface area contributed by atoms with Crippen LogP contribution in [-0.4, -0.2) is 43.8 Å². The zero-order valence-corrected chi connectivity index (χ0v) is 18.3. The number of hydrogen-bond donors (Lipinski definition) is 1. The minimum Gasteiger partial charge on any atom is -0.383 e. The molecule has 2 N–H and O–H groups in total. The second kappa shape index (κ2) is 8.01. The molecular weight excluding hydrogens is 447 g/mol. The molecule has 1 aliphatic heterocycles. The molecule has 0 aliphatic carbocycles. The van der Waals surface area contributed by atoms with Gasteiger partial charge in [-0.05, 0) is 43.3 Å². The van der Waals surface area contributed by atoms with Crippen molar-refractivity contribution in [1.29, 1.82) is 0 Å². The van der Waals surface area contributed by atoms with E-state index >= 15 is 4.39 Å².